The third kappa shape index (κ3) is 5.48. The van der Waals surface area contributed by atoms with Gasteiger partial charge in [0.2, 0.25) is 5.91 Å². The molecule has 190 valence electrons. The number of nitrogens with one attached hydrogen (secondary N) is 3. The monoisotopic (exact) mass is 477 g/mol. The van der Waals surface area contributed by atoms with Gasteiger partial charge in [0.05, 0.1) is 38.1 Å². The van der Waals surface area contributed by atoms with Gasteiger partial charge in [-0.3, -0.25) is 15.0 Å². The molecule has 7 unspecified atom stereocenters. The second-order valence-electron chi connectivity index (χ2n) is 10.3. The Hall–Kier alpha value is -0.980. The summed E-state index contributed by atoms with van der Waals surface area (Å²) in [5.74, 6) is -2.19. The van der Waals surface area contributed by atoms with Crippen LogP contribution in [0.1, 0.15) is 45.4 Å². The number of alkyl halides is 3. The van der Waals surface area contributed by atoms with Gasteiger partial charge in [-0.15, -0.1) is 0 Å². The topological polar surface area (TPSA) is 89.1 Å². The number of nitrogens with zero attached hydrogens (tertiary/aromatic N) is 2. The van der Waals surface area contributed by atoms with Crippen molar-refractivity contribution in [1.29, 1.82) is 0 Å². The average Bonchev–Trinajstić information content (AvgIpc) is 3.34. The molecule has 3 aliphatic heterocycles. The fourth-order valence-electron chi connectivity index (χ4n) is 6.34. The Balaban J connectivity index is 1.47. The number of ether oxygens (including phenoxy) is 1. The number of rotatable bonds is 7. The lowest BCUT2D eigenvalue weighted by Crippen LogP contribution is -2.57. The van der Waals surface area contributed by atoms with Gasteiger partial charge in [-0.25, -0.2) is 10.9 Å². The zero-order chi connectivity index (χ0) is 23.8. The predicted molar refractivity (Wildman–Crippen MR) is 115 cm³/mol. The van der Waals surface area contributed by atoms with E-state index in [1.54, 1.807) is 4.90 Å². The summed E-state index contributed by atoms with van der Waals surface area (Å²) >= 11 is 0. The number of halogens is 3. The van der Waals surface area contributed by atoms with E-state index < -0.39 is 23.9 Å². The second-order valence-corrected chi connectivity index (χ2v) is 10.3. The maximum Gasteiger partial charge on any atom is 0.392 e. The van der Waals surface area contributed by atoms with Crippen LogP contribution in [0, 0.1) is 29.6 Å². The Morgan fingerprint density at radius 3 is 2.73 bits per heavy atom. The van der Waals surface area contributed by atoms with Crippen LogP contribution in [0.25, 0.3) is 0 Å². The maximum atomic E-state index is 13.7. The van der Waals surface area contributed by atoms with Crippen molar-refractivity contribution in [2.24, 2.45) is 29.6 Å². The Morgan fingerprint density at radius 1 is 1.27 bits per heavy atom. The predicted octanol–water partition coefficient (Wildman–Crippen LogP) is 1.43. The van der Waals surface area contributed by atoms with Gasteiger partial charge in [-0.05, 0) is 56.9 Å². The fourth-order valence-corrected chi connectivity index (χ4v) is 6.34. The number of piperidine rings is 1. The van der Waals surface area contributed by atoms with E-state index in [0.717, 1.165) is 19.5 Å². The van der Waals surface area contributed by atoms with Crippen molar-refractivity contribution in [3.63, 3.8) is 0 Å². The van der Waals surface area contributed by atoms with Crippen molar-refractivity contribution < 1.29 is 27.8 Å². The molecule has 0 bridgehead atoms. The zero-order valence-corrected chi connectivity index (χ0v) is 19.5. The molecule has 4 N–H and O–H groups in total. The SMILES string of the molecule is C[C@H](CC1NNCN1C)C1CC(OCCO)NC(N2CC3C(CCCC3C(F)(F)F)C2=O)C1. The first-order valence-electron chi connectivity index (χ1n) is 12.2. The highest BCUT2D eigenvalue weighted by atomic mass is 19.4. The second kappa shape index (κ2) is 10.3. The Bertz CT molecular complexity index is 684. The van der Waals surface area contributed by atoms with Crippen LogP contribution in [0.5, 0.6) is 0 Å². The summed E-state index contributed by atoms with van der Waals surface area (Å²) in [5, 5.41) is 12.6. The van der Waals surface area contributed by atoms with Gasteiger partial charge < -0.3 is 14.7 Å². The average molecular weight is 478 g/mol. The van der Waals surface area contributed by atoms with Crippen LogP contribution in [-0.2, 0) is 9.53 Å². The number of hydrogen-bond donors (Lipinski definition) is 4. The molecule has 1 saturated carbocycles. The third-order valence-corrected chi connectivity index (χ3v) is 8.23. The molecule has 3 heterocycles. The molecule has 8 atom stereocenters. The molecule has 0 radical (unpaired) electrons. The molecule has 0 aromatic carbocycles. The molecule has 8 nitrogen and oxygen atoms in total. The van der Waals surface area contributed by atoms with Crippen LogP contribution >= 0.6 is 0 Å². The minimum absolute atomic E-state index is 0.106. The van der Waals surface area contributed by atoms with Crippen LogP contribution < -0.4 is 16.2 Å². The van der Waals surface area contributed by atoms with Gasteiger partial charge in [-0.2, -0.15) is 13.2 Å². The van der Waals surface area contributed by atoms with E-state index in [4.69, 9.17) is 4.74 Å². The highest BCUT2D eigenvalue weighted by Crippen LogP contribution is 2.48. The van der Waals surface area contributed by atoms with Gasteiger partial charge in [0.25, 0.3) is 0 Å². The Labute approximate surface area is 193 Å². The van der Waals surface area contributed by atoms with Crippen molar-refractivity contribution in [2.75, 3.05) is 33.5 Å². The van der Waals surface area contributed by atoms with Crippen LogP contribution in [0.3, 0.4) is 0 Å². The first kappa shape index (κ1) is 25.1. The summed E-state index contributed by atoms with van der Waals surface area (Å²) in [6, 6.07) is 0. The standard InChI is InChI=1S/C22H38F3N5O3/c1-13(8-19-28-26-12-29(19)2)14-9-18(27-20(10-14)33-7-6-31)30-11-16-15(21(30)32)4-3-5-17(16)22(23,24)25/h13-20,26-28,31H,3-12H2,1-2H3/t13-,14?,15?,16?,17?,18?,19?,20?/m1/s1. The highest BCUT2D eigenvalue weighted by molar-refractivity contribution is 5.82. The third-order valence-electron chi connectivity index (χ3n) is 8.23. The lowest BCUT2D eigenvalue weighted by atomic mass is 9.73. The van der Waals surface area contributed by atoms with Crippen LogP contribution in [0.2, 0.25) is 0 Å². The van der Waals surface area contributed by atoms with Gasteiger partial charge in [0.15, 0.2) is 0 Å². The lowest BCUT2D eigenvalue weighted by Gasteiger charge is -2.43. The Morgan fingerprint density at radius 2 is 2.06 bits per heavy atom. The molecule has 0 spiro atoms. The van der Waals surface area contributed by atoms with Crippen LogP contribution in [0.15, 0.2) is 0 Å². The number of amides is 1. The molecule has 1 aliphatic carbocycles. The molecule has 4 rings (SSSR count). The smallest absolute Gasteiger partial charge is 0.392 e. The number of aliphatic hydroxyl groups is 1. The highest BCUT2D eigenvalue weighted by Gasteiger charge is 2.56. The van der Waals surface area contributed by atoms with Crippen LogP contribution in [-0.4, -0.2) is 79.0 Å². The van der Waals surface area contributed by atoms with E-state index in [-0.39, 0.29) is 56.6 Å². The largest absolute Gasteiger partial charge is 0.394 e. The number of carbonyl (C=O) groups is 1. The quantitative estimate of drug-likeness (QED) is 0.441. The molecular weight excluding hydrogens is 439 g/mol. The minimum atomic E-state index is -4.27. The van der Waals surface area contributed by atoms with Gasteiger partial charge >= 0.3 is 6.18 Å². The summed E-state index contributed by atoms with van der Waals surface area (Å²) in [6.07, 6.45) is -1.33. The molecule has 0 aromatic rings. The van der Waals surface area contributed by atoms with E-state index in [9.17, 15) is 23.1 Å². The molecule has 4 aliphatic rings. The van der Waals surface area contributed by atoms with Crippen LogP contribution in [0.4, 0.5) is 13.2 Å². The number of likely N-dealkylation sites (tertiary alicyclic amines) is 1. The van der Waals surface area contributed by atoms with Crippen molar-refractivity contribution in [2.45, 2.75) is 70.2 Å². The summed E-state index contributed by atoms with van der Waals surface area (Å²) in [6.45, 7) is 3.18. The fraction of sp³-hybridized carbons (Fsp3) is 0.955. The van der Waals surface area contributed by atoms with Gasteiger partial charge in [0.1, 0.15) is 6.23 Å². The molecule has 4 fully saturated rings. The van der Waals surface area contributed by atoms with Crippen molar-refractivity contribution in [1.82, 2.24) is 26.0 Å². The van der Waals surface area contributed by atoms with E-state index in [1.165, 1.54) is 0 Å². The molecule has 0 aromatic heterocycles. The first-order valence-corrected chi connectivity index (χ1v) is 12.2. The van der Waals surface area contributed by atoms with Crippen molar-refractivity contribution >= 4 is 5.91 Å². The molecule has 33 heavy (non-hydrogen) atoms. The van der Waals surface area contributed by atoms with E-state index in [0.29, 0.717) is 25.2 Å². The van der Waals surface area contributed by atoms with E-state index in [1.807, 2.05) is 7.05 Å². The van der Waals surface area contributed by atoms with Gasteiger partial charge in [-0.1, -0.05) is 13.3 Å². The van der Waals surface area contributed by atoms with E-state index in [2.05, 4.69) is 28.0 Å². The molecule has 1 amide bonds. The number of hydrazine groups is 1. The Kier molecular flexibility index (Phi) is 7.86. The summed E-state index contributed by atoms with van der Waals surface area (Å²) in [4.78, 5) is 17.1. The van der Waals surface area contributed by atoms with E-state index >= 15 is 0 Å². The summed E-state index contributed by atoms with van der Waals surface area (Å²) in [5.41, 5.74) is 6.41. The molecular formula is C22H38F3N5O3. The summed E-state index contributed by atoms with van der Waals surface area (Å²) < 4.78 is 46.8. The zero-order valence-electron chi connectivity index (χ0n) is 19.5. The normalized spacial score (nSPS) is 39.2. The number of aliphatic hydroxyl groups excluding tert-OH is 1. The number of hydrogen-bond acceptors (Lipinski definition) is 7. The minimum Gasteiger partial charge on any atom is -0.394 e. The molecule has 3 saturated heterocycles. The number of carbonyl (C=O) groups excluding carboxylic acids is 1. The van der Waals surface area contributed by atoms with Crippen molar-refractivity contribution in [3.05, 3.63) is 0 Å². The lowest BCUT2D eigenvalue weighted by molar-refractivity contribution is -0.198. The van der Waals surface area contributed by atoms with Gasteiger partial charge in [0, 0.05) is 12.5 Å². The summed E-state index contributed by atoms with van der Waals surface area (Å²) in [7, 11) is 2.05. The maximum absolute atomic E-state index is 13.7. The first-order chi connectivity index (χ1) is 15.7. The van der Waals surface area contributed by atoms with Crippen molar-refractivity contribution in [3.8, 4) is 0 Å². The molecule has 11 heteroatoms. The number of fused-ring (bicyclic) bond motifs is 1.